The van der Waals surface area contributed by atoms with Crippen LogP contribution >= 0.6 is 0 Å². The average Bonchev–Trinajstić information content (AvgIpc) is 2.73. The van der Waals surface area contributed by atoms with Crippen LogP contribution in [0, 0.1) is 0 Å². The second kappa shape index (κ2) is 7.84. The van der Waals surface area contributed by atoms with Crippen molar-refractivity contribution in [1.29, 1.82) is 0 Å². The van der Waals surface area contributed by atoms with Crippen LogP contribution in [0.25, 0.3) is 0 Å². The molecule has 1 aliphatic rings. The Bertz CT molecular complexity index is 508. The van der Waals surface area contributed by atoms with Gasteiger partial charge in [-0.1, -0.05) is 6.08 Å². The number of rotatable bonds is 6. The fourth-order valence-corrected chi connectivity index (χ4v) is 2.70. The third kappa shape index (κ3) is 4.01. The number of hydrogen-bond acceptors (Lipinski definition) is 4. The molecule has 0 fully saturated rings. The minimum absolute atomic E-state index is 0.0426. The molecule has 22 heavy (non-hydrogen) atoms. The van der Waals surface area contributed by atoms with Gasteiger partial charge in [-0.25, -0.2) is 0 Å². The summed E-state index contributed by atoms with van der Waals surface area (Å²) in [6, 6.07) is 4.10. The first-order valence-electron chi connectivity index (χ1n) is 7.51. The molecule has 1 aromatic carbocycles. The Morgan fingerprint density at radius 3 is 2.23 bits per heavy atom. The molecule has 0 spiro atoms. The zero-order chi connectivity index (χ0) is 15.9. The first-order valence-corrected chi connectivity index (χ1v) is 7.51. The van der Waals surface area contributed by atoms with Gasteiger partial charge < -0.3 is 14.8 Å². The van der Waals surface area contributed by atoms with Gasteiger partial charge in [0.25, 0.3) is 0 Å². The SMILES string of the molecule is C=CCNC(=O)CN1CCc2cc(OC)c(OC)cc2CC1. The molecule has 0 unspecified atom stereocenters. The molecule has 1 heterocycles. The van der Waals surface area contributed by atoms with E-state index >= 15 is 0 Å². The Morgan fingerprint density at radius 1 is 1.23 bits per heavy atom. The number of ether oxygens (including phenoxy) is 2. The number of amides is 1. The molecule has 0 radical (unpaired) electrons. The Hall–Kier alpha value is -2.01. The average molecular weight is 304 g/mol. The highest BCUT2D eigenvalue weighted by atomic mass is 16.5. The largest absolute Gasteiger partial charge is 0.493 e. The third-order valence-corrected chi connectivity index (χ3v) is 3.91. The van der Waals surface area contributed by atoms with Crippen LogP contribution in [-0.4, -0.2) is 51.2 Å². The molecule has 1 amide bonds. The summed E-state index contributed by atoms with van der Waals surface area (Å²) in [5.41, 5.74) is 2.54. The number of nitrogens with zero attached hydrogens (tertiary/aromatic N) is 1. The molecule has 0 atom stereocenters. The molecule has 2 rings (SSSR count). The molecular formula is C17H24N2O3. The van der Waals surface area contributed by atoms with Crippen LogP contribution in [0.5, 0.6) is 11.5 Å². The maximum atomic E-state index is 11.8. The van der Waals surface area contributed by atoms with Crippen LogP contribution in [0.3, 0.4) is 0 Å². The topological polar surface area (TPSA) is 50.8 Å². The van der Waals surface area contributed by atoms with Crippen LogP contribution in [0.15, 0.2) is 24.8 Å². The Labute approximate surface area is 131 Å². The summed E-state index contributed by atoms with van der Waals surface area (Å²) in [5.74, 6) is 1.57. The lowest BCUT2D eigenvalue weighted by atomic mass is 10.0. The fraction of sp³-hybridized carbons (Fsp3) is 0.471. The van der Waals surface area contributed by atoms with E-state index in [0.29, 0.717) is 13.1 Å². The predicted octanol–water partition coefficient (Wildman–Crippen LogP) is 1.41. The Balaban J connectivity index is 2.03. The molecule has 0 saturated heterocycles. The number of carbonyl (C=O) groups is 1. The quantitative estimate of drug-likeness (QED) is 0.807. The highest BCUT2D eigenvalue weighted by Crippen LogP contribution is 2.32. The molecule has 120 valence electrons. The molecular weight excluding hydrogens is 280 g/mol. The van der Waals surface area contributed by atoms with Gasteiger partial charge in [0, 0.05) is 19.6 Å². The van der Waals surface area contributed by atoms with E-state index < -0.39 is 0 Å². The molecule has 0 saturated carbocycles. The molecule has 0 aliphatic carbocycles. The maximum absolute atomic E-state index is 11.8. The van der Waals surface area contributed by atoms with Gasteiger partial charge >= 0.3 is 0 Å². The van der Waals surface area contributed by atoms with Gasteiger partial charge in [-0.2, -0.15) is 0 Å². The smallest absolute Gasteiger partial charge is 0.234 e. The van der Waals surface area contributed by atoms with Crippen molar-refractivity contribution < 1.29 is 14.3 Å². The van der Waals surface area contributed by atoms with Crippen molar-refractivity contribution in [3.8, 4) is 11.5 Å². The van der Waals surface area contributed by atoms with Crippen molar-refractivity contribution >= 4 is 5.91 Å². The monoisotopic (exact) mass is 304 g/mol. The number of benzene rings is 1. The molecule has 1 aliphatic heterocycles. The van der Waals surface area contributed by atoms with E-state index in [2.05, 4.69) is 28.9 Å². The van der Waals surface area contributed by atoms with Crippen LogP contribution in [0.2, 0.25) is 0 Å². The third-order valence-electron chi connectivity index (χ3n) is 3.91. The maximum Gasteiger partial charge on any atom is 0.234 e. The van der Waals surface area contributed by atoms with E-state index in [-0.39, 0.29) is 5.91 Å². The summed E-state index contributed by atoms with van der Waals surface area (Å²) in [6.45, 7) is 6.27. The Kier molecular flexibility index (Phi) is 5.83. The van der Waals surface area contributed by atoms with Crippen molar-refractivity contribution in [2.75, 3.05) is 40.4 Å². The van der Waals surface area contributed by atoms with E-state index in [9.17, 15) is 4.79 Å². The summed E-state index contributed by atoms with van der Waals surface area (Å²) in [7, 11) is 3.30. The number of fused-ring (bicyclic) bond motifs is 1. The molecule has 1 N–H and O–H groups in total. The van der Waals surface area contributed by atoms with Gasteiger partial charge in [0.15, 0.2) is 11.5 Å². The first kappa shape index (κ1) is 16.4. The van der Waals surface area contributed by atoms with E-state index in [1.54, 1.807) is 20.3 Å². The molecule has 5 heteroatoms. The van der Waals surface area contributed by atoms with Crippen molar-refractivity contribution in [2.24, 2.45) is 0 Å². The van der Waals surface area contributed by atoms with Crippen molar-refractivity contribution in [3.63, 3.8) is 0 Å². The second-order valence-electron chi connectivity index (χ2n) is 5.34. The summed E-state index contributed by atoms with van der Waals surface area (Å²) < 4.78 is 10.7. The zero-order valence-electron chi connectivity index (χ0n) is 13.4. The fourth-order valence-electron chi connectivity index (χ4n) is 2.70. The van der Waals surface area contributed by atoms with Gasteiger partial charge in [-0.05, 0) is 36.1 Å². The number of nitrogens with one attached hydrogen (secondary N) is 1. The highest BCUT2D eigenvalue weighted by molar-refractivity contribution is 5.78. The minimum atomic E-state index is 0.0426. The van der Waals surface area contributed by atoms with E-state index in [1.807, 2.05) is 0 Å². The Morgan fingerprint density at radius 2 is 1.77 bits per heavy atom. The van der Waals surface area contributed by atoms with Crippen LogP contribution in [-0.2, 0) is 17.6 Å². The van der Waals surface area contributed by atoms with Gasteiger partial charge in [0.05, 0.1) is 20.8 Å². The molecule has 1 aromatic rings. The standard InChI is InChI=1S/C17H24N2O3/c1-4-7-18-17(20)12-19-8-5-13-10-15(21-2)16(22-3)11-14(13)6-9-19/h4,10-11H,1,5-9,12H2,2-3H3,(H,18,20). The molecule has 5 nitrogen and oxygen atoms in total. The van der Waals surface area contributed by atoms with E-state index in [4.69, 9.17) is 9.47 Å². The lowest BCUT2D eigenvalue weighted by Crippen LogP contribution is -2.38. The summed E-state index contributed by atoms with van der Waals surface area (Å²) in [6.07, 6.45) is 3.50. The minimum Gasteiger partial charge on any atom is -0.493 e. The zero-order valence-corrected chi connectivity index (χ0v) is 13.4. The van der Waals surface area contributed by atoms with Crippen molar-refractivity contribution in [1.82, 2.24) is 10.2 Å². The van der Waals surface area contributed by atoms with E-state index in [1.165, 1.54) is 11.1 Å². The normalized spacial score (nSPS) is 14.6. The van der Waals surface area contributed by atoms with Crippen molar-refractivity contribution in [2.45, 2.75) is 12.8 Å². The molecule has 0 aromatic heterocycles. The summed E-state index contributed by atoms with van der Waals surface area (Å²) >= 11 is 0. The van der Waals surface area contributed by atoms with Gasteiger partial charge in [-0.15, -0.1) is 6.58 Å². The highest BCUT2D eigenvalue weighted by Gasteiger charge is 2.18. The second-order valence-corrected chi connectivity index (χ2v) is 5.34. The van der Waals surface area contributed by atoms with Crippen LogP contribution in [0.1, 0.15) is 11.1 Å². The summed E-state index contributed by atoms with van der Waals surface area (Å²) in [5, 5.41) is 2.82. The van der Waals surface area contributed by atoms with Crippen LogP contribution in [0.4, 0.5) is 0 Å². The molecule has 0 bridgehead atoms. The van der Waals surface area contributed by atoms with Crippen LogP contribution < -0.4 is 14.8 Å². The predicted molar refractivity (Wildman–Crippen MR) is 86.6 cm³/mol. The van der Waals surface area contributed by atoms with Gasteiger partial charge in [-0.3, -0.25) is 9.69 Å². The summed E-state index contributed by atoms with van der Waals surface area (Å²) in [4.78, 5) is 14.0. The number of carbonyl (C=O) groups excluding carboxylic acids is 1. The van der Waals surface area contributed by atoms with E-state index in [0.717, 1.165) is 37.4 Å². The van der Waals surface area contributed by atoms with Gasteiger partial charge in [0.2, 0.25) is 5.91 Å². The first-order chi connectivity index (χ1) is 10.7. The van der Waals surface area contributed by atoms with Crippen molar-refractivity contribution in [3.05, 3.63) is 35.9 Å². The number of hydrogen-bond donors (Lipinski definition) is 1. The lowest BCUT2D eigenvalue weighted by molar-refractivity contribution is -0.122. The number of methoxy groups -OCH3 is 2. The van der Waals surface area contributed by atoms with Gasteiger partial charge in [0.1, 0.15) is 0 Å². The lowest BCUT2D eigenvalue weighted by Gasteiger charge is -2.18.